The van der Waals surface area contributed by atoms with Crippen molar-refractivity contribution in [2.45, 2.75) is 13.8 Å². The van der Waals surface area contributed by atoms with Gasteiger partial charge in [-0.05, 0) is 48.7 Å². The Morgan fingerprint density at radius 2 is 1.79 bits per heavy atom. The Hall–Kier alpha value is -2.59. The summed E-state index contributed by atoms with van der Waals surface area (Å²) in [5.74, 6) is -0.969. The molecular weight excluding hydrogens is 326 g/mol. The maximum Gasteiger partial charge on any atom is 0.331 e. The Morgan fingerprint density at radius 3 is 2.46 bits per heavy atom. The minimum Gasteiger partial charge on any atom is -0.452 e. The number of halogens is 1. The zero-order chi connectivity index (χ0) is 17.5. The van der Waals surface area contributed by atoms with E-state index < -0.39 is 5.97 Å². The number of para-hydroxylation sites is 1. The largest absolute Gasteiger partial charge is 0.452 e. The second-order valence-electron chi connectivity index (χ2n) is 5.31. The highest BCUT2D eigenvalue weighted by molar-refractivity contribution is 6.30. The number of carbonyl (C=O) groups excluding carboxylic acids is 2. The Labute approximate surface area is 146 Å². The van der Waals surface area contributed by atoms with E-state index in [4.69, 9.17) is 16.3 Å². The topological polar surface area (TPSA) is 55.4 Å². The van der Waals surface area contributed by atoms with Crippen LogP contribution < -0.4 is 5.32 Å². The number of benzene rings is 2. The molecule has 124 valence electrons. The Bertz CT molecular complexity index is 764. The summed E-state index contributed by atoms with van der Waals surface area (Å²) in [5, 5.41) is 3.34. The normalized spacial score (nSPS) is 10.6. The first-order chi connectivity index (χ1) is 11.5. The summed E-state index contributed by atoms with van der Waals surface area (Å²) in [6, 6.07) is 12.8. The van der Waals surface area contributed by atoms with Crippen LogP contribution in [0.25, 0.3) is 6.08 Å². The van der Waals surface area contributed by atoms with Crippen molar-refractivity contribution in [3.05, 3.63) is 70.3 Å². The third-order valence-electron chi connectivity index (χ3n) is 3.35. The summed E-state index contributed by atoms with van der Waals surface area (Å²) in [5.41, 5.74) is 3.43. The zero-order valence-corrected chi connectivity index (χ0v) is 14.3. The lowest BCUT2D eigenvalue weighted by molar-refractivity contribution is -0.142. The molecule has 0 saturated heterocycles. The quantitative estimate of drug-likeness (QED) is 0.655. The fourth-order valence-corrected chi connectivity index (χ4v) is 2.35. The summed E-state index contributed by atoms with van der Waals surface area (Å²) >= 11 is 5.86. The van der Waals surface area contributed by atoms with Gasteiger partial charge in [0, 0.05) is 16.8 Å². The maximum atomic E-state index is 11.9. The van der Waals surface area contributed by atoms with Gasteiger partial charge in [-0.15, -0.1) is 0 Å². The average Bonchev–Trinajstić information content (AvgIpc) is 2.54. The van der Waals surface area contributed by atoms with Crippen LogP contribution in [0.1, 0.15) is 16.7 Å². The fraction of sp³-hybridized carbons (Fsp3) is 0.158. The first-order valence-corrected chi connectivity index (χ1v) is 7.80. The van der Waals surface area contributed by atoms with Crippen LogP contribution in [0.3, 0.4) is 0 Å². The number of esters is 1. The van der Waals surface area contributed by atoms with Crippen molar-refractivity contribution in [3.8, 4) is 0 Å². The second-order valence-corrected chi connectivity index (χ2v) is 5.75. The minimum atomic E-state index is -0.591. The van der Waals surface area contributed by atoms with Crippen LogP contribution in [0.4, 0.5) is 5.69 Å². The van der Waals surface area contributed by atoms with Crippen molar-refractivity contribution >= 4 is 35.2 Å². The molecule has 0 atom stereocenters. The molecule has 0 radical (unpaired) electrons. The molecule has 2 aromatic carbocycles. The zero-order valence-electron chi connectivity index (χ0n) is 13.5. The summed E-state index contributed by atoms with van der Waals surface area (Å²) in [6.07, 6.45) is 2.84. The van der Waals surface area contributed by atoms with Gasteiger partial charge in [-0.2, -0.15) is 0 Å². The molecule has 2 rings (SSSR count). The number of carbonyl (C=O) groups is 2. The Morgan fingerprint density at radius 1 is 1.12 bits per heavy atom. The second kappa shape index (κ2) is 8.31. The summed E-state index contributed by atoms with van der Waals surface area (Å²) in [7, 11) is 0. The van der Waals surface area contributed by atoms with E-state index in [1.54, 1.807) is 24.3 Å². The van der Waals surface area contributed by atoms with Gasteiger partial charge in [-0.25, -0.2) is 4.79 Å². The smallest absolute Gasteiger partial charge is 0.331 e. The van der Waals surface area contributed by atoms with Crippen LogP contribution in [0.5, 0.6) is 0 Å². The summed E-state index contributed by atoms with van der Waals surface area (Å²) < 4.78 is 4.94. The molecule has 24 heavy (non-hydrogen) atoms. The number of nitrogens with one attached hydrogen (secondary N) is 1. The molecule has 0 fully saturated rings. The van der Waals surface area contributed by atoms with Gasteiger partial charge in [0.1, 0.15) is 0 Å². The third kappa shape index (κ3) is 5.25. The van der Waals surface area contributed by atoms with Gasteiger partial charge < -0.3 is 10.1 Å². The van der Waals surface area contributed by atoms with Crippen LogP contribution >= 0.6 is 11.6 Å². The molecule has 0 saturated carbocycles. The van der Waals surface area contributed by atoms with Crippen molar-refractivity contribution in [3.63, 3.8) is 0 Å². The van der Waals surface area contributed by atoms with Crippen LogP contribution in [-0.2, 0) is 14.3 Å². The highest BCUT2D eigenvalue weighted by Crippen LogP contribution is 2.19. The van der Waals surface area contributed by atoms with Crippen molar-refractivity contribution in [2.24, 2.45) is 0 Å². The molecule has 1 N–H and O–H groups in total. The van der Waals surface area contributed by atoms with Gasteiger partial charge in [-0.1, -0.05) is 41.9 Å². The number of hydrogen-bond acceptors (Lipinski definition) is 3. The molecule has 0 bridgehead atoms. The molecule has 0 aliphatic carbocycles. The van der Waals surface area contributed by atoms with Gasteiger partial charge in [0.05, 0.1) is 0 Å². The SMILES string of the molecule is Cc1cccc(C)c1NC(=O)COC(=O)/C=C/c1cccc(Cl)c1. The van der Waals surface area contributed by atoms with E-state index in [-0.39, 0.29) is 12.5 Å². The van der Waals surface area contributed by atoms with Gasteiger partial charge >= 0.3 is 5.97 Å². The monoisotopic (exact) mass is 343 g/mol. The van der Waals surface area contributed by atoms with E-state index in [1.807, 2.05) is 38.1 Å². The number of hydrogen-bond donors (Lipinski definition) is 1. The molecule has 2 aromatic rings. The van der Waals surface area contributed by atoms with Crippen LogP contribution in [0.2, 0.25) is 5.02 Å². The molecule has 0 aliphatic rings. The number of ether oxygens (including phenoxy) is 1. The first-order valence-electron chi connectivity index (χ1n) is 7.42. The third-order valence-corrected chi connectivity index (χ3v) is 3.59. The van der Waals surface area contributed by atoms with Crippen LogP contribution in [0.15, 0.2) is 48.5 Å². The van der Waals surface area contributed by atoms with E-state index in [9.17, 15) is 9.59 Å². The van der Waals surface area contributed by atoms with Crippen molar-refractivity contribution in [1.29, 1.82) is 0 Å². The van der Waals surface area contributed by atoms with Crippen LogP contribution in [-0.4, -0.2) is 18.5 Å². The highest BCUT2D eigenvalue weighted by atomic mass is 35.5. The molecular formula is C19H18ClNO3. The predicted molar refractivity (Wildman–Crippen MR) is 96.0 cm³/mol. The van der Waals surface area contributed by atoms with Gasteiger partial charge in [0.2, 0.25) is 0 Å². The molecule has 1 amide bonds. The fourth-order valence-electron chi connectivity index (χ4n) is 2.15. The van der Waals surface area contributed by atoms with E-state index in [2.05, 4.69) is 5.32 Å². The van der Waals surface area contributed by atoms with Crippen molar-refractivity contribution < 1.29 is 14.3 Å². The lowest BCUT2D eigenvalue weighted by Crippen LogP contribution is -2.21. The number of amides is 1. The van der Waals surface area contributed by atoms with Crippen molar-refractivity contribution in [1.82, 2.24) is 0 Å². The van der Waals surface area contributed by atoms with Gasteiger partial charge in [-0.3, -0.25) is 4.79 Å². The molecule has 0 heterocycles. The molecule has 0 aliphatic heterocycles. The Kier molecular flexibility index (Phi) is 6.15. The average molecular weight is 344 g/mol. The van der Waals surface area contributed by atoms with Crippen molar-refractivity contribution in [2.75, 3.05) is 11.9 Å². The predicted octanol–water partition coefficient (Wildman–Crippen LogP) is 4.15. The summed E-state index contributed by atoms with van der Waals surface area (Å²) in [6.45, 7) is 3.47. The molecule has 0 spiro atoms. The maximum absolute atomic E-state index is 11.9. The number of aryl methyl sites for hydroxylation is 2. The Balaban J connectivity index is 1.86. The molecule has 4 nitrogen and oxygen atoms in total. The first kappa shape index (κ1) is 17.8. The standard InChI is InChI=1S/C19H18ClNO3/c1-13-5-3-6-14(2)19(13)21-17(22)12-24-18(23)10-9-15-7-4-8-16(20)11-15/h3-11H,12H2,1-2H3,(H,21,22)/b10-9+. The van der Waals surface area contributed by atoms with E-state index in [0.717, 1.165) is 22.4 Å². The van der Waals surface area contributed by atoms with E-state index >= 15 is 0 Å². The van der Waals surface area contributed by atoms with E-state index in [0.29, 0.717) is 5.02 Å². The summed E-state index contributed by atoms with van der Waals surface area (Å²) in [4.78, 5) is 23.6. The lowest BCUT2D eigenvalue weighted by Gasteiger charge is -2.11. The molecule has 0 aromatic heterocycles. The van der Waals surface area contributed by atoms with Gasteiger partial charge in [0.25, 0.3) is 5.91 Å². The molecule has 5 heteroatoms. The number of rotatable bonds is 5. The number of anilines is 1. The molecule has 0 unspecified atom stereocenters. The van der Waals surface area contributed by atoms with E-state index in [1.165, 1.54) is 6.08 Å². The minimum absolute atomic E-state index is 0.341. The van der Waals surface area contributed by atoms with Gasteiger partial charge in [0.15, 0.2) is 6.61 Å². The lowest BCUT2D eigenvalue weighted by atomic mass is 10.1. The van der Waals surface area contributed by atoms with Crippen LogP contribution in [0, 0.1) is 13.8 Å². The highest BCUT2D eigenvalue weighted by Gasteiger charge is 2.09.